The Bertz CT molecular complexity index is 1090. The van der Waals surface area contributed by atoms with Crippen molar-refractivity contribution in [2.75, 3.05) is 6.61 Å². The average Bonchev–Trinajstić information content (AvgIpc) is 2.81. The van der Waals surface area contributed by atoms with Crippen LogP contribution in [0.25, 0.3) is 0 Å². The Labute approximate surface area is 214 Å². The Kier molecular flexibility index (Phi) is 9.54. The zero-order valence-electron chi connectivity index (χ0n) is 19.2. The molecule has 1 atom stereocenters. The molecule has 5 nitrogen and oxygen atoms in total. The summed E-state index contributed by atoms with van der Waals surface area (Å²) in [6.07, 6.45) is 0.391. The number of nitrogens with zero attached hydrogens (tertiary/aromatic N) is 1. The van der Waals surface area contributed by atoms with Gasteiger partial charge in [0.25, 0.3) is 5.91 Å². The SMILES string of the molecule is CC(C)NC(=O)[C@H](Cc1ccccc1)N(Cc1ccccc1)C(=O)COc1ccc(Cl)cc1Br. The number of hydrogen-bond acceptors (Lipinski definition) is 3. The van der Waals surface area contributed by atoms with Crippen LogP contribution >= 0.6 is 27.5 Å². The number of hydrogen-bond donors (Lipinski definition) is 1. The van der Waals surface area contributed by atoms with Crippen molar-refractivity contribution in [3.8, 4) is 5.75 Å². The van der Waals surface area contributed by atoms with E-state index in [4.69, 9.17) is 16.3 Å². The minimum Gasteiger partial charge on any atom is -0.483 e. The molecule has 7 heteroatoms. The van der Waals surface area contributed by atoms with Gasteiger partial charge in [0.1, 0.15) is 11.8 Å². The van der Waals surface area contributed by atoms with Crippen LogP contribution in [0.3, 0.4) is 0 Å². The van der Waals surface area contributed by atoms with Crippen LogP contribution in [0.5, 0.6) is 5.75 Å². The van der Waals surface area contributed by atoms with Gasteiger partial charge in [0.2, 0.25) is 5.91 Å². The highest BCUT2D eigenvalue weighted by Crippen LogP contribution is 2.28. The fourth-order valence-electron chi connectivity index (χ4n) is 3.53. The molecule has 0 aromatic heterocycles. The average molecular weight is 544 g/mol. The van der Waals surface area contributed by atoms with Crippen LogP contribution in [0, 0.1) is 0 Å². The summed E-state index contributed by atoms with van der Waals surface area (Å²) in [4.78, 5) is 28.4. The number of carbonyl (C=O) groups excluding carboxylic acids is 2. The topological polar surface area (TPSA) is 58.6 Å². The zero-order chi connectivity index (χ0) is 24.5. The largest absolute Gasteiger partial charge is 0.483 e. The quantitative estimate of drug-likeness (QED) is 0.360. The van der Waals surface area contributed by atoms with Gasteiger partial charge in [-0.25, -0.2) is 0 Å². The number of benzene rings is 3. The lowest BCUT2D eigenvalue weighted by Gasteiger charge is -2.32. The molecule has 0 radical (unpaired) electrons. The molecule has 0 aliphatic heterocycles. The first-order valence-corrected chi connectivity index (χ1v) is 12.3. The minimum absolute atomic E-state index is 0.0549. The second-order valence-electron chi connectivity index (χ2n) is 8.24. The van der Waals surface area contributed by atoms with Gasteiger partial charge in [-0.2, -0.15) is 0 Å². The van der Waals surface area contributed by atoms with Crippen molar-refractivity contribution in [3.05, 3.63) is 99.5 Å². The Balaban J connectivity index is 1.89. The summed E-state index contributed by atoms with van der Waals surface area (Å²) in [6, 6.07) is 23.7. The predicted octanol–water partition coefficient (Wildman–Crippen LogP) is 5.65. The molecule has 0 saturated heterocycles. The molecule has 3 rings (SSSR count). The van der Waals surface area contributed by atoms with Crippen LogP contribution < -0.4 is 10.1 Å². The van der Waals surface area contributed by atoms with Gasteiger partial charge >= 0.3 is 0 Å². The number of amides is 2. The molecule has 0 aliphatic carbocycles. The summed E-state index contributed by atoms with van der Waals surface area (Å²) in [7, 11) is 0. The Morgan fingerprint density at radius 2 is 1.59 bits per heavy atom. The molecule has 0 saturated carbocycles. The summed E-state index contributed by atoms with van der Waals surface area (Å²) in [5.41, 5.74) is 1.90. The monoisotopic (exact) mass is 542 g/mol. The molecule has 34 heavy (non-hydrogen) atoms. The Morgan fingerprint density at radius 3 is 2.18 bits per heavy atom. The molecule has 0 unspecified atom stereocenters. The third-order valence-corrected chi connectivity index (χ3v) is 6.00. The summed E-state index contributed by atoms with van der Waals surface area (Å²) in [5.74, 6) is 0.0185. The molecular weight excluding hydrogens is 516 g/mol. The zero-order valence-corrected chi connectivity index (χ0v) is 21.6. The van der Waals surface area contributed by atoms with Crippen molar-refractivity contribution in [1.82, 2.24) is 10.2 Å². The van der Waals surface area contributed by atoms with E-state index in [0.717, 1.165) is 11.1 Å². The van der Waals surface area contributed by atoms with E-state index >= 15 is 0 Å². The van der Waals surface area contributed by atoms with E-state index in [9.17, 15) is 9.59 Å². The predicted molar refractivity (Wildman–Crippen MR) is 139 cm³/mol. The van der Waals surface area contributed by atoms with Gasteiger partial charge in [-0.1, -0.05) is 72.3 Å². The molecule has 0 fully saturated rings. The molecule has 3 aromatic rings. The first-order chi connectivity index (χ1) is 16.3. The van der Waals surface area contributed by atoms with Gasteiger partial charge in [0.05, 0.1) is 4.47 Å². The standard InChI is InChI=1S/C27H28BrClN2O3/c1-19(2)30-27(33)24(15-20-9-5-3-6-10-20)31(17-21-11-7-4-8-12-21)26(32)18-34-25-14-13-22(29)16-23(25)28/h3-14,16,19,24H,15,17-18H2,1-2H3,(H,30,33)/t24-/m0/s1. The second kappa shape index (κ2) is 12.6. The van der Waals surface area contributed by atoms with E-state index in [1.165, 1.54) is 0 Å². The molecule has 0 spiro atoms. The molecule has 0 heterocycles. The van der Waals surface area contributed by atoms with Gasteiger partial charge in [-0.05, 0) is 59.1 Å². The van der Waals surface area contributed by atoms with Crippen LogP contribution in [0.15, 0.2) is 83.3 Å². The molecule has 3 aromatic carbocycles. The summed E-state index contributed by atoms with van der Waals surface area (Å²) < 4.78 is 6.46. The minimum atomic E-state index is -0.699. The molecule has 1 N–H and O–H groups in total. The van der Waals surface area contributed by atoms with E-state index in [1.807, 2.05) is 74.5 Å². The highest BCUT2D eigenvalue weighted by Gasteiger charge is 2.31. The number of carbonyl (C=O) groups is 2. The number of rotatable bonds is 10. The lowest BCUT2D eigenvalue weighted by Crippen LogP contribution is -2.52. The maximum atomic E-state index is 13.5. The Morgan fingerprint density at radius 1 is 0.971 bits per heavy atom. The molecule has 0 aliphatic rings. The van der Waals surface area contributed by atoms with Crippen LogP contribution in [-0.2, 0) is 22.6 Å². The van der Waals surface area contributed by atoms with Crippen molar-refractivity contribution in [2.24, 2.45) is 0 Å². The normalized spacial score (nSPS) is 11.7. The van der Waals surface area contributed by atoms with Gasteiger partial charge in [-0.15, -0.1) is 0 Å². The number of ether oxygens (including phenoxy) is 1. The summed E-state index contributed by atoms with van der Waals surface area (Å²) >= 11 is 9.42. The van der Waals surface area contributed by atoms with Crippen molar-refractivity contribution >= 4 is 39.3 Å². The Hall–Kier alpha value is -2.83. The fourth-order valence-corrected chi connectivity index (χ4v) is 4.33. The van der Waals surface area contributed by atoms with E-state index in [-0.39, 0.29) is 31.0 Å². The lowest BCUT2D eigenvalue weighted by atomic mass is 10.0. The molecular formula is C27H28BrClN2O3. The molecule has 178 valence electrons. The van der Waals surface area contributed by atoms with Gasteiger partial charge < -0.3 is 15.0 Å². The molecule has 0 bridgehead atoms. The molecule has 2 amide bonds. The van der Waals surface area contributed by atoms with Crippen LogP contribution in [0.1, 0.15) is 25.0 Å². The van der Waals surface area contributed by atoms with E-state index in [1.54, 1.807) is 23.1 Å². The fraction of sp³-hybridized carbons (Fsp3) is 0.259. The summed E-state index contributed by atoms with van der Waals surface area (Å²) in [6.45, 7) is 3.88. The van der Waals surface area contributed by atoms with Gasteiger partial charge in [-0.3, -0.25) is 9.59 Å². The van der Waals surface area contributed by atoms with E-state index in [2.05, 4.69) is 21.2 Å². The maximum absolute atomic E-state index is 13.5. The van der Waals surface area contributed by atoms with Crippen molar-refractivity contribution in [2.45, 2.75) is 38.9 Å². The van der Waals surface area contributed by atoms with Gasteiger partial charge in [0, 0.05) is 24.0 Å². The highest BCUT2D eigenvalue weighted by molar-refractivity contribution is 9.10. The second-order valence-corrected chi connectivity index (χ2v) is 9.53. The highest BCUT2D eigenvalue weighted by atomic mass is 79.9. The third-order valence-electron chi connectivity index (χ3n) is 5.14. The number of halogens is 2. The smallest absolute Gasteiger partial charge is 0.261 e. The first-order valence-electron chi connectivity index (χ1n) is 11.1. The van der Waals surface area contributed by atoms with Crippen molar-refractivity contribution in [3.63, 3.8) is 0 Å². The van der Waals surface area contributed by atoms with Crippen LogP contribution in [0.4, 0.5) is 0 Å². The lowest BCUT2D eigenvalue weighted by molar-refractivity contribution is -0.143. The van der Waals surface area contributed by atoms with Crippen molar-refractivity contribution < 1.29 is 14.3 Å². The number of nitrogens with one attached hydrogen (secondary N) is 1. The van der Waals surface area contributed by atoms with E-state index in [0.29, 0.717) is 21.7 Å². The maximum Gasteiger partial charge on any atom is 0.261 e. The third kappa shape index (κ3) is 7.61. The van der Waals surface area contributed by atoms with Crippen molar-refractivity contribution in [1.29, 1.82) is 0 Å². The van der Waals surface area contributed by atoms with Crippen LogP contribution in [0.2, 0.25) is 5.02 Å². The van der Waals surface area contributed by atoms with Crippen LogP contribution in [-0.4, -0.2) is 35.4 Å². The summed E-state index contributed by atoms with van der Waals surface area (Å²) in [5, 5.41) is 3.54. The van der Waals surface area contributed by atoms with E-state index < -0.39 is 6.04 Å². The first kappa shape index (κ1) is 25.8. The van der Waals surface area contributed by atoms with Gasteiger partial charge in [0.15, 0.2) is 6.61 Å².